The monoisotopic (exact) mass is 309 g/mol. The van der Waals surface area contributed by atoms with Crippen molar-refractivity contribution in [1.82, 2.24) is 14.7 Å². The third kappa shape index (κ3) is 3.78. The molecule has 2 rings (SSSR count). The van der Waals surface area contributed by atoms with E-state index in [1.165, 1.54) is 28.9 Å². The highest BCUT2D eigenvalue weighted by atomic mass is 19.1. The summed E-state index contributed by atoms with van der Waals surface area (Å²) >= 11 is 0. The zero-order valence-electron chi connectivity index (χ0n) is 11.2. The molecule has 9 heteroatoms. The topological polar surface area (TPSA) is 121 Å². The number of aliphatic carboxylic acids is 2. The number of aromatic nitrogens is 2. The van der Waals surface area contributed by atoms with Gasteiger partial charge < -0.3 is 19.9 Å². The number of halogens is 1. The van der Waals surface area contributed by atoms with Gasteiger partial charge in [0.15, 0.2) is 0 Å². The molecule has 0 aliphatic heterocycles. The van der Waals surface area contributed by atoms with E-state index in [0.717, 1.165) is 0 Å². The van der Waals surface area contributed by atoms with Crippen LogP contribution in [0.5, 0.6) is 0 Å². The van der Waals surface area contributed by atoms with Crippen LogP contribution >= 0.6 is 0 Å². The van der Waals surface area contributed by atoms with E-state index in [-0.39, 0.29) is 6.42 Å². The third-order valence-corrected chi connectivity index (χ3v) is 2.82. The summed E-state index contributed by atoms with van der Waals surface area (Å²) < 4.78 is 14.4. The van der Waals surface area contributed by atoms with Crippen LogP contribution in [-0.4, -0.2) is 43.5 Å². The largest absolute Gasteiger partial charge is 0.481 e. The van der Waals surface area contributed by atoms with Crippen LogP contribution < -0.4 is 5.32 Å². The molecule has 0 bridgehead atoms. The fourth-order valence-corrected chi connectivity index (χ4v) is 1.89. The fourth-order valence-electron chi connectivity index (χ4n) is 1.89. The molecule has 8 nitrogen and oxygen atoms in total. The molecule has 0 fully saturated rings. The molecule has 2 heterocycles. The number of fused-ring (bicyclic) bond motifs is 1. The molecule has 0 radical (unpaired) electrons. The number of carbonyl (C=O) groups is 3. The Kier molecular flexibility index (Phi) is 4.35. The normalized spacial score (nSPS) is 12.0. The average Bonchev–Trinajstić information content (AvgIpc) is 2.78. The van der Waals surface area contributed by atoms with Crippen LogP contribution in [0.25, 0.3) is 5.65 Å². The Hall–Kier alpha value is -2.97. The molecular formula is C13H12FN3O5. The van der Waals surface area contributed by atoms with Crippen molar-refractivity contribution >= 4 is 23.5 Å². The van der Waals surface area contributed by atoms with Gasteiger partial charge in [-0.3, -0.25) is 9.59 Å². The van der Waals surface area contributed by atoms with Crippen molar-refractivity contribution < 1.29 is 29.0 Å². The molecule has 22 heavy (non-hydrogen) atoms. The Labute approximate surface area is 123 Å². The van der Waals surface area contributed by atoms with Gasteiger partial charge in [0.1, 0.15) is 17.5 Å². The summed E-state index contributed by atoms with van der Waals surface area (Å²) in [4.78, 5) is 37.2. The van der Waals surface area contributed by atoms with E-state index in [4.69, 9.17) is 10.2 Å². The first-order valence-corrected chi connectivity index (χ1v) is 6.22. The van der Waals surface area contributed by atoms with Crippen molar-refractivity contribution in [3.8, 4) is 0 Å². The van der Waals surface area contributed by atoms with Gasteiger partial charge in [-0.2, -0.15) is 0 Å². The molecule has 1 unspecified atom stereocenters. The van der Waals surface area contributed by atoms with E-state index >= 15 is 0 Å². The lowest BCUT2D eigenvalue weighted by Crippen LogP contribution is -2.42. The number of carbonyl (C=O) groups excluding carboxylic acids is 1. The number of hydrogen-bond donors (Lipinski definition) is 3. The highest BCUT2D eigenvalue weighted by Gasteiger charge is 2.23. The summed E-state index contributed by atoms with van der Waals surface area (Å²) in [7, 11) is 0. The highest BCUT2D eigenvalue weighted by Crippen LogP contribution is 2.07. The first-order chi connectivity index (χ1) is 10.3. The van der Waals surface area contributed by atoms with E-state index in [1.807, 2.05) is 0 Å². The van der Waals surface area contributed by atoms with Gasteiger partial charge in [0.2, 0.25) is 5.91 Å². The SMILES string of the molecule is O=C(O)CC(NC(=O)Cc1cn2cc(F)ccc2n1)C(=O)O. The average molecular weight is 309 g/mol. The number of carboxylic acid groups (broad SMARTS) is 2. The summed E-state index contributed by atoms with van der Waals surface area (Å²) in [5.74, 6) is -3.92. The Morgan fingerprint density at radius 3 is 2.64 bits per heavy atom. The second-order valence-corrected chi connectivity index (χ2v) is 4.58. The van der Waals surface area contributed by atoms with Crippen molar-refractivity contribution in [2.24, 2.45) is 0 Å². The number of hydrogen-bond acceptors (Lipinski definition) is 4. The number of nitrogens with zero attached hydrogens (tertiary/aromatic N) is 2. The van der Waals surface area contributed by atoms with E-state index in [2.05, 4.69) is 10.3 Å². The van der Waals surface area contributed by atoms with E-state index in [1.54, 1.807) is 0 Å². The Bertz CT molecular complexity index is 742. The lowest BCUT2D eigenvalue weighted by atomic mass is 10.2. The van der Waals surface area contributed by atoms with Crippen LogP contribution in [0, 0.1) is 5.82 Å². The first kappa shape index (κ1) is 15.4. The number of nitrogens with one attached hydrogen (secondary N) is 1. The minimum atomic E-state index is -1.51. The summed E-state index contributed by atoms with van der Waals surface area (Å²) in [6, 6.07) is 1.14. The molecule has 0 saturated carbocycles. The summed E-state index contributed by atoms with van der Waals surface area (Å²) in [6.07, 6.45) is 1.66. The number of pyridine rings is 1. The van der Waals surface area contributed by atoms with Crippen LogP contribution in [0.4, 0.5) is 4.39 Å². The van der Waals surface area contributed by atoms with E-state index in [9.17, 15) is 18.8 Å². The van der Waals surface area contributed by atoms with Gasteiger partial charge in [-0.15, -0.1) is 0 Å². The van der Waals surface area contributed by atoms with Gasteiger partial charge >= 0.3 is 11.9 Å². The smallest absolute Gasteiger partial charge is 0.326 e. The van der Waals surface area contributed by atoms with Gasteiger partial charge in [0.25, 0.3) is 0 Å². The Morgan fingerprint density at radius 2 is 2.00 bits per heavy atom. The molecule has 2 aromatic heterocycles. The van der Waals surface area contributed by atoms with Gasteiger partial charge in [-0.05, 0) is 12.1 Å². The zero-order valence-corrected chi connectivity index (χ0v) is 11.2. The molecule has 1 amide bonds. The van der Waals surface area contributed by atoms with Crippen LogP contribution in [0.15, 0.2) is 24.5 Å². The standard InChI is InChI=1S/C13H12FN3O5/c14-7-1-2-10-15-8(6-17(10)5-7)3-11(18)16-9(13(21)22)4-12(19)20/h1-2,5-6,9H,3-4H2,(H,16,18)(H,19,20)(H,21,22). The summed E-state index contributed by atoms with van der Waals surface area (Å²) in [6.45, 7) is 0. The van der Waals surface area contributed by atoms with Gasteiger partial charge in [-0.1, -0.05) is 0 Å². The summed E-state index contributed by atoms with van der Waals surface area (Å²) in [5, 5.41) is 19.5. The minimum absolute atomic E-state index is 0.243. The second-order valence-electron chi connectivity index (χ2n) is 4.58. The number of rotatable bonds is 6. The van der Waals surface area contributed by atoms with Crippen LogP contribution in [0.2, 0.25) is 0 Å². The molecule has 0 aliphatic carbocycles. The van der Waals surface area contributed by atoms with Crippen molar-refractivity contribution in [3.05, 3.63) is 36.0 Å². The molecule has 0 aliphatic rings. The first-order valence-electron chi connectivity index (χ1n) is 6.22. The maximum Gasteiger partial charge on any atom is 0.326 e. The van der Waals surface area contributed by atoms with Crippen molar-refractivity contribution in [3.63, 3.8) is 0 Å². The van der Waals surface area contributed by atoms with Crippen molar-refractivity contribution in [2.75, 3.05) is 0 Å². The maximum atomic E-state index is 13.0. The quantitative estimate of drug-likeness (QED) is 0.694. The van der Waals surface area contributed by atoms with E-state index in [0.29, 0.717) is 11.3 Å². The zero-order chi connectivity index (χ0) is 16.3. The highest BCUT2D eigenvalue weighted by molar-refractivity contribution is 5.87. The van der Waals surface area contributed by atoms with E-state index < -0.39 is 36.1 Å². The number of carboxylic acids is 2. The van der Waals surface area contributed by atoms with Crippen LogP contribution in [0.1, 0.15) is 12.1 Å². The molecule has 0 saturated heterocycles. The molecular weight excluding hydrogens is 297 g/mol. The molecule has 1 atom stereocenters. The fraction of sp³-hybridized carbons (Fsp3) is 0.231. The Balaban J connectivity index is 2.06. The summed E-state index contributed by atoms with van der Waals surface area (Å²) in [5.41, 5.74) is 0.743. The maximum absolute atomic E-state index is 13.0. The second kappa shape index (κ2) is 6.20. The third-order valence-electron chi connectivity index (χ3n) is 2.82. The molecule has 2 aromatic rings. The number of amides is 1. The molecule has 0 spiro atoms. The van der Waals surface area contributed by atoms with Crippen molar-refractivity contribution in [2.45, 2.75) is 18.9 Å². The predicted molar refractivity (Wildman–Crippen MR) is 70.7 cm³/mol. The number of imidazole rings is 1. The lowest BCUT2D eigenvalue weighted by Gasteiger charge is -2.11. The van der Waals surface area contributed by atoms with Gasteiger partial charge in [-0.25, -0.2) is 14.2 Å². The molecule has 3 N–H and O–H groups in total. The molecule has 0 aromatic carbocycles. The van der Waals surface area contributed by atoms with Gasteiger partial charge in [0, 0.05) is 12.4 Å². The van der Waals surface area contributed by atoms with Gasteiger partial charge in [0.05, 0.1) is 18.5 Å². The Morgan fingerprint density at radius 1 is 1.27 bits per heavy atom. The van der Waals surface area contributed by atoms with Crippen LogP contribution in [0.3, 0.4) is 0 Å². The molecule has 116 valence electrons. The van der Waals surface area contributed by atoms with Crippen molar-refractivity contribution in [1.29, 1.82) is 0 Å². The minimum Gasteiger partial charge on any atom is -0.481 e. The van der Waals surface area contributed by atoms with Crippen LogP contribution in [-0.2, 0) is 20.8 Å². The predicted octanol–water partition coefficient (Wildman–Crippen LogP) is 0.0600. The lowest BCUT2D eigenvalue weighted by molar-refractivity contribution is -0.147.